The third kappa shape index (κ3) is 4.17. The molecule has 92 valence electrons. The lowest BCUT2D eigenvalue weighted by atomic mass is 10.0. The van der Waals surface area contributed by atoms with Gasteiger partial charge < -0.3 is 10.4 Å². The smallest absolute Gasteiger partial charge is 0.0575 e. The summed E-state index contributed by atoms with van der Waals surface area (Å²) >= 11 is 5.28. The average molecular weight is 306 g/mol. The fourth-order valence-corrected chi connectivity index (χ4v) is 3.24. The minimum Gasteiger partial charge on any atom is -0.393 e. The fourth-order valence-electron chi connectivity index (χ4n) is 1.49. The Morgan fingerprint density at radius 3 is 2.62 bits per heavy atom. The van der Waals surface area contributed by atoms with Crippen LogP contribution in [0.1, 0.15) is 38.1 Å². The average Bonchev–Trinajstić information content (AvgIpc) is 2.64. The maximum Gasteiger partial charge on any atom is 0.0575 e. The lowest BCUT2D eigenvalue weighted by Crippen LogP contribution is -2.25. The molecule has 2 nitrogen and oxygen atoms in total. The number of thiophene rings is 1. The number of nitrogens with one attached hydrogen (secondary N) is 1. The molecule has 2 N–H and O–H groups in total. The second kappa shape index (κ2) is 6.74. The third-order valence-corrected chi connectivity index (χ3v) is 4.75. The molecule has 0 amide bonds. The lowest BCUT2D eigenvalue weighted by molar-refractivity contribution is 0.115. The van der Waals surface area contributed by atoms with Gasteiger partial charge in [0.05, 0.1) is 6.10 Å². The first-order valence-electron chi connectivity index (χ1n) is 5.66. The van der Waals surface area contributed by atoms with Crippen LogP contribution in [0.25, 0.3) is 0 Å². The molecular weight excluding hydrogens is 286 g/mol. The highest BCUT2D eigenvalue weighted by atomic mass is 79.9. The van der Waals surface area contributed by atoms with Gasteiger partial charge in [0.1, 0.15) is 0 Å². The van der Waals surface area contributed by atoms with Gasteiger partial charge in [0.15, 0.2) is 0 Å². The molecule has 0 radical (unpaired) electrons. The predicted molar refractivity (Wildman–Crippen MR) is 73.9 cm³/mol. The van der Waals surface area contributed by atoms with E-state index in [1.807, 2.05) is 13.8 Å². The fraction of sp³-hybridized carbons (Fsp3) is 0.667. The van der Waals surface area contributed by atoms with Gasteiger partial charge in [0.2, 0.25) is 0 Å². The van der Waals surface area contributed by atoms with Crippen LogP contribution < -0.4 is 5.32 Å². The maximum atomic E-state index is 9.68. The van der Waals surface area contributed by atoms with E-state index >= 15 is 0 Å². The topological polar surface area (TPSA) is 32.3 Å². The SMILES string of the molecule is CC(NCCC(O)C(C)C)c1sccc1Br. The van der Waals surface area contributed by atoms with Gasteiger partial charge in [-0.05, 0) is 53.2 Å². The van der Waals surface area contributed by atoms with Gasteiger partial charge in [-0.3, -0.25) is 0 Å². The molecule has 0 bridgehead atoms. The zero-order valence-electron chi connectivity index (χ0n) is 10.0. The third-order valence-electron chi connectivity index (χ3n) is 2.70. The molecule has 0 aliphatic rings. The van der Waals surface area contributed by atoms with E-state index in [0.717, 1.165) is 13.0 Å². The van der Waals surface area contributed by atoms with Gasteiger partial charge in [-0.15, -0.1) is 11.3 Å². The number of aliphatic hydroxyl groups is 1. The van der Waals surface area contributed by atoms with E-state index in [9.17, 15) is 5.11 Å². The normalized spacial score (nSPS) is 15.4. The minimum absolute atomic E-state index is 0.202. The maximum absolute atomic E-state index is 9.68. The van der Waals surface area contributed by atoms with Crippen molar-refractivity contribution in [1.82, 2.24) is 5.32 Å². The first kappa shape index (κ1) is 14.2. The van der Waals surface area contributed by atoms with Crippen molar-refractivity contribution >= 4 is 27.3 Å². The number of aliphatic hydroxyl groups excluding tert-OH is 1. The summed E-state index contributed by atoms with van der Waals surface area (Å²) in [4.78, 5) is 1.32. The lowest BCUT2D eigenvalue weighted by Gasteiger charge is -2.17. The van der Waals surface area contributed by atoms with Gasteiger partial charge in [-0.2, -0.15) is 0 Å². The van der Waals surface area contributed by atoms with Crippen LogP contribution in [0.4, 0.5) is 0 Å². The van der Waals surface area contributed by atoms with Crippen molar-refractivity contribution in [3.05, 3.63) is 20.8 Å². The van der Waals surface area contributed by atoms with Crippen molar-refractivity contribution < 1.29 is 5.11 Å². The molecule has 1 aromatic rings. The highest BCUT2D eigenvalue weighted by Crippen LogP contribution is 2.28. The van der Waals surface area contributed by atoms with E-state index in [0.29, 0.717) is 12.0 Å². The molecule has 2 atom stereocenters. The van der Waals surface area contributed by atoms with E-state index in [1.165, 1.54) is 9.35 Å². The van der Waals surface area contributed by atoms with Crippen molar-refractivity contribution in [1.29, 1.82) is 0 Å². The number of hydrogen-bond acceptors (Lipinski definition) is 3. The van der Waals surface area contributed by atoms with Crippen LogP contribution in [-0.2, 0) is 0 Å². The Morgan fingerprint density at radius 2 is 2.12 bits per heavy atom. The largest absolute Gasteiger partial charge is 0.393 e. The van der Waals surface area contributed by atoms with Crippen LogP contribution in [0.3, 0.4) is 0 Å². The van der Waals surface area contributed by atoms with Gasteiger partial charge >= 0.3 is 0 Å². The standard InChI is InChI=1S/C12H20BrNOS/c1-8(2)11(15)4-6-14-9(3)12-10(13)5-7-16-12/h5,7-9,11,14-15H,4,6H2,1-3H3. The monoisotopic (exact) mass is 305 g/mol. The van der Waals surface area contributed by atoms with Crippen LogP contribution in [0.2, 0.25) is 0 Å². The van der Waals surface area contributed by atoms with Crippen molar-refractivity contribution in [2.24, 2.45) is 5.92 Å². The summed E-state index contributed by atoms with van der Waals surface area (Å²) in [6.45, 7) is 7.09. The van der Waals surface area contributed by atoms with Gasteiger partial charge in [-0.25, -0.2) is 0 Å². The number of hydrogen-bond donors (Lipinski definition) is 2. The molecule has 4 heteroatoms. The van der Waals surface area contributed by atoms with Crippen molar-refractivity contribution in [3.63, 3.8) is 0 Å². The van der Waals surface area contributed by atoms with Gasteiger partial charge in [0.25, 0.3) is 0 Å². The molecule has 0 fully saturated rings. The molecule has 1 aromatic heterocycles. The molecule has 0 aliphatic carbocycles. The van der Waals surface area contributed by atoms with Crippen LogP contribution in [0, 0.1) is 5.92 Å². The molecule has 0 saturated heterocycles. The predicted octanol–water partition coefficient (Wildman–Crippen LogP) is 3.57. The molecular formula is C12H20BrNOS. The molecule has 0 aliphatic heterocycles. The second-order valence-electron chi connectivity index (χ2n) is 4.41. The van der Waals surface area contributed by atoms with E-state index in [1.54, 1.807) is 11.3 Å². The molecule has 0 saturated carbocycles. The van der Waals surface area contributed by atoms with Crippen molar-refractivity contribution in [2.45, 2.75) is 39.3 Å². The summed E-state index contributed by atoms with van der Waals surface area (Å²) in [5.74, 6) is 0.339. The van der Waals surface area contributed by atoms with Crippen LogP contribution >= 0.6 is 27.3 Å². The zero-order valence-corrected chi connectivity index (χ0v) is 12.4. The Kier molecular flexibility index (Phi) is 5.97. The van der Waals surface area contributed by atoms with Crippen molar-refractivity contribution in [2.75, 3.05) is 6.54 Å². The summed E-state index contributed by atoms with van der Waals surface area (Å²) in [6.07, 6.45) is 0.608. The van der Waals surface area contributed by atoms with E-state index in [-0.39, 0.29) is 6.10 Å². The first-order valence-corrected chi connectivity index (χ1v) is 7.34. The van der Waals surface area contributed by atoms with E-state index in [2.05, 4.69) is 39.6 Å². The Bertz CT molecular complexity index is 314. The van der Waals surface area contributed by atoms with Gasteiger partial charge in [-0.1, -0.05) is 13.8 Å². The highest BCUT2D eigenvalue weighted by molar-refractivity contribution is 9.10. The Morgan fingerprint density at radius 1 is 1.44 bits per heavy atom. The zero-order chi connectivity index (χ0) is 12.1. The summed E-state index contributed by atoms with van der Waals surface area (Å²) < 4.78 is 1.17. The minimum atomic E-state index is -0.202. The summed E-state index contributed by atoms with van der Waals surface area (Å²) in [5.41, 5.74) is 0. The van der Waals surface area contributed by atoms with Crippen LogP contribution in [0.5, 0.6) is 0 Å². The molecule has 2 unspecified atom stereocenters. The van der Waals surface area contributed by atoms with E-state index < -0.39 is 0 Å². The number of halogens is 1. The van der Waals surface area contributed by atoms with Gasteiger partial charge in [0, 0.05) is 15.4 Å². The Labute approximate surface area is 110 Å². The molecule has 1 heterocycles. The molecule has 16 heavy (non-hydrogen) atoms. The second-order valence-corrected chi connectivity index (χ2v) is 6.21. The van der Waals surface area contributed by atoms with Crippen molar-refractivity contribution in [3.8, 4) is 0 Å². The first-order chi connectivity index (χ1) is 7.52. The molecule has 1 rings (SSSR count). The molecule has 0 aromatic carbocycles. The summed E-state index contributed by atoms with van der Waals surface area (Å²) in [5, 5.41) is 15.2. The quantitative estimate of drug-likeness (QED) is 0.842. The Hall–Kier alpha value is 0.100. The summed E-state index contributed by atoms with van der Waals surface area (Å²) in [7, 11) is 0. The van der Waals surface area contributed by atoms with Crippen LogP contribution in [0.15, 0.2) is 15.9 Å². The Balaban J connectivity index is 2.31. The van der Waals surface area contributed by atoms with Crippen LogP contribution in [-0.4, -0.2) is 17.8 Å². The number of rotatable bonds is 6. The van der Waals surface area contributed by atoms with E-state index in [4.69, 9.17) is 0 Å². The molecule has 0 spiro atoms. The highest BCUT2D eigenvalue weighted by Gasteiger charge is 2.12. The summed E-state index contributed by atoms with van der Waals surface area (Å²) in [6, 6.07) is 2.41.